The lowest BCUT2D eigenvalue weighted by Gasteiger charge is -2.25. The zero-order valence-corrected chi connectivity index (χ0v) is 17.2. The molecule has 7 nitrogen and oxygen atoms in total. The topological polar surface area (TPSA) is 81.3 Å². The largest absolute Gasteiger partial charge is 0.497 e. The van der Waals surface area contributed by atoms with Crippen LogP contribution in [0.4, 0.5) is 17.4 Å². The quantitative estimate of drug-likeness (QED) is 0.573. The van der Waals surface area contributed by atoms with Crippen LogP contribution in [0.5, 0.6) is 5.75 Å². The number of nitrogens with one attached hydrogen (secondary N) is 2. The first kappa shape index (κ1) is 19.6. The summed E-state index contributed by atoms with van der Waals surface area (Å²) < 4.78 is 12.7. The molecule has 1 aliphatic rings. The lowest BCUT2D eigenvalue weighted by molar-refractivity contribution is -0.117. The first-order valence-corrected chi connectivity index (χ1v) is 9.68. The molecule has 7 heteroatoms. The summed E-state index contributed by atoms with van der Waals surface area (Å²) in [5.74, 6) is 2.18. The molecule has 2 N–H and O–H groups in total. The van der Waals surface area contributed by atoms with Gasteiger partial charge in [0.1, 0.15) is 17.4 Å². The van der Waals surface area contributed by atoms with Gasteiger partial charge in [-0.25, -0.2) is 4.98 Å². The molecule has 1 unspecified atom stereocenters. The summed E-state index contributed by atoms with van der Waals surface area (Å²) in [7, 11) is 1.61. The van der Waals surface area contributed by atoms with Crippen LogP contribution in [0, 0.1) is 6.92 Å². The van der Waals surface area contributed by atoms with Crippen molar-refractivity contribution >= 4 is 29.5 Å². The molecule has 4 rings (SSSR count). The Hall–Kier alpha value is -3.74. The predicted octanol–water partition coefficient (Wildman–Crippen LogP) is 4.86. The summed E-state index contributed by atoms with van der Waals surface area (Å²) in [6, 6.07) is 9.34. The van der Waals surface area contributed by atoms with Crippen LogP contribution in [0.15, 0.2) is 59.2 Å². The minimum absolute atomic E-state index is 0.104. The van der Waals surface area contributed by atoms with Crippen molar-refractivity contribution in [3.8, 4) is 5.75 Å². The fraction of sp³-hybridized carbons (Fsp3) is 0.217. The normalized spacial score (nSPS) is 16.0. The number of hydrogen-bond acceptors (Lipinski definition) is 5. The molecule has 0 saturated carbocycles. The second-order valence-corrected chi connectivity index (χ2v) is 7.21. The van der Waals surface area contributed by atoms with E-state index in [-0.39, 0.29) is 5.91 Å². The van der Waals surface area contributed by atoms with Gasteiger partial charge in [0, 0.05) is 24.0 Å². The van der Waals surface area contributed by atoms with Gasteiger partial charge in [-0.05, 0) is 43.5 Å². The molecule has 1 aromatic carbocycles. The van der Waals surface area contributed by atoms with Gasteiger partial charge in [0.05, 0.1) is 25.0 Å². The second-order valence-electron chi connectivity index (χ2n) is 7.21. The highest BCUT2D eigenvalue weighted by Crippen LogP contribution is 2.37. The fourth-order valence-corrected chi connectivity index (χ4v) is 3.54. The maximum Gasteiger partial charge on any atom is 0.234 e. The van der Waals surface area contributed by atoms with Gasteiger partial charge in [-0.1, -0.05) is 18.7 Å². The Morgan fingerprint density at radius 1 is 1.43 bits per heavy atom. The van der Waals surface area contributed by atoms with E-state index in [1.807, 2.05) is 48.9 Å². The number of carbonyl (C=O) groups excluding carboxylic acids is 1. The Kier molecular flexibility index (Phi) is 5.18. The predicted molar refractivity (Wildman–Crippen MR) is 117 cm³/mol. The molecular weight excluding hydrogens is 380 g/mol. The summed E-state index contributed by atoms with van der Waals surface area (Å²) >= 11 is 0. The van der Waals surface area contributed by atoms with E-state index < -0.39 is 5.92 Å². The van der Waals surface area contributed by atoms with Gasteiger partial charge in [0.25, 0.3) is 0 Å². The Morgan fingerprint density at radius 2 is 2.27 bits per heavy atom. The molecule has 0 fully saturated rings. The molecule has 154 valence electrons. The second kappa shape index (κ2) is 7.94. The van der Waals surface area contributed by atoms with Gasteiger partial charge >= 0.3 is 0 Å². The maximum atomic E-state index is 13.0. The van der Waals surface area contributed by atoms with Crippen molar-refractivity contribution < 1.29 is 13.9 Å². The molecule has 30 heavy (non-hydrogen) atoms. The molecule has 1 amide bonds. The van der Waals surface area contributed by atoms with Crippen LogP contribution in [0.3, 0.4) is 0 Å². The Bertz CT molecular complexity index is 1130. The number of benzene rings is 1. The molecule has 3 aromatic rings. The van der Waals surface area contributed by atoms with Gasteiger partial charge < -0.3 is 19.8 Å². The van der Waals surface area contributed by atoms with Crippen LogP contribution in [-0.2, 0) is 11.2 Å². The van der Waals surface area contributed by atoms with E-state index in [2.05, 4.69) is 17.2 Å². The van der Waals surface area contributed by atoms with Crippen LogP contribution in [0.1, 0.15) is 29.9 Å². The average Bonchev–Trinajstić information content (AvgIpc) is 3.36. The van der Waals surface area contributed by atoms with Crippen molar-refractivity contribution in [2.45, 2.75) is 26.2 Å². The van der Waals surface area contributed by atoms with E-state index >= 15 is 0 Å². The number of allylic oxidation sites excluding steroid dienone is 2. The summed E-state index contributed by atoms with van der Waals surface area (Å²) in [4.78, 5) is 17.8. The van der Waals surface area contributed by atoms with Crippen LogP contribution < -0.4 is 15.4 Å². The Labute approximate surface area is 175 Å². The van der Waals surface area contributed by atoms with Gasteiger partial charge in [-0.3, -0.25) is 9.36 Å². The third-order valence-corrected chi connectivity index (χ3v) is 5.18. The van der Waals surface area contributed by atoms with Gasteiger partial charge in [0.2, 0.25) is 5.91 Å². The van der Waals surface area contributed by atoms with E-state index in [0.29, 0.717) is 29.6 Å². The van der Waals surface area contributed by atoms with E-state index in [1.54, 1.807) is 25.5 Å². The van der Waals surface area contributed by atoms with Crippen molar-refractivity contribution in [2.75, 3.05) is 17.7 Å². The number of furan rings is 1. The van der Waals surface area contributed by atoms with E-state index in [9.17, 15) is 4.79 Å². The standard InChI is InChI=1S/C23H24N4O3/c1-5-14(2)13-27-15(3)24-21(22(27)26-20-7-6-10-30-20)18-11-16-8-9-17(29-4)12-19(16)25-23(18)28/h5-10,12-13,18,26H,1,11H2,2-4H3,(H,25,28)/b14-13-. The third kappa shape index (κ3) is 3.61. The first-order chi connectivity index (χ1) is 14.5. The molecule has 1 atom stereocenters. The van der Waals surface area contributed by atoms with Crippen LogP contribution in [-0.4, -0.2) is 22.6 Å². The molecule has 0 spiro atoms. The van der Waals surface area contributed by atoms with Crippen molar-refractivity contribution in [1.82, 2.24) is 9.55 Å². The number of imidazole rings is 1. The highest BCUT2D eigenvalue weighted by Gasteiger charge is 2.33. The number of fused-ring (bicyclic) bond motifs is 1. The number of aromatic nitrogens is 2. The third-order valence-electron chi connectivity index (χ3n) is 5.18. The summed E-state index contributed by atoms with van der Waals surface area (Å²) in [5.41, 5.74) is 3.44. The molecule has 3 heterocycles. The van der Waals surface area contributed by atoms with Gasteiger partial charge in [0.15, 0.2) is 5.88 Å². The van der Waals surface area contributed by atoms with E-state index in [4.69, 9.17) is 14.1 Å². The zero-order chi connectivity index (χ0) is 21.3. The zero-order valence-electron chi connectivity index (χ0n) is 17.2. The highest BCUT2D eigenvalue weighted by molar-refractivity contribution is 5.99. The number of rotatable bonds is 6. The van der Waals surface area contributed by atoms with Crippen LogP contribution >= 0.6 is 0 Å². The van der Waals surface area contributed by atoms with Crippen molar-refractivity contribution in [2.24, 2.45) is 0 Å². The number of carbonyl (C=O) groups is 1. The number of nitrogens with zero attached hydrogens (tertiary/aromatic N) is 2. The van der Waals surface area contributed by atoms with E-state index in [0.717, 1.165) is 22.6 Å². The molecule has 0 radical (unpaired) electrons. The molecular formula is C23H24N4O3. The number of methoxy groups -OCH3 is 1. The Balaban J connectivity index is 1.78. The lowest BCUT2D eigenvalue weighted by Crippen LogP contribution is -2.29. The minimum atomic E-state index is -0.444. The maximum absolute atomic E-state index is 13.0. The summed E-state index contributed by atoms with van der Waals surface area (Å²) in [6.45, 7) is 7.69. The Morgan fingerprint density at radius 3 is 2.97 bits per heavy atom. The van der Waals surface area contributed by atoms with Crippen molar-refractivity contribution in [1.29, 1.82) is 0 Å². The average molecular weight is 404 g/mol. The monoisotopic (exact) mass is 404 g/mol. The molecule has 2 aromatic heterocycles. The first-order valence-electron chi connectivity index (χ1n) is 9.68. The number of aryl methyl sites for hydroxylation is 1. The number of hydrogen-bond donors (Lipinski definition) is 2. The van der Waals surface area contributed by atoms with Crippen LogP contribution in [0.25, 0.3) is 6.20 Å². The fourth-order valence-electron chi connectivity index (χ4n) is 3.54. The van der Waals surface area contributed by atoms with Crippen molar-refractivity contribution in [3.05, 3.63) is 71.9 Å². The van der Waals surface area contributed by atoms with Crippen LogP contribution in [0.2, 0.25) is 0 Å². The van der Waals surface area contributed by atoms with Gasteiger partial charge in [-0.15, -0.1) is 0 Å². The molecule has 0 bridgehead atoms. The van der Waals surface area contributed by atoms with Crippen molar-refractivity contribution in [3.63, 3.8) is 0 Å². The highest BCUT2D eigenvalue weighted by atomic mass is 16.5. The molecule has 0 saturated heterocycles. The number of ether oxygens (including phenoxy) is 1. The summed E-state index contributed by atoms with van der Waals surface area (Å²) in [5, 5.41) is 6.29. The lowest BCUT2D eigenvalue weighted by atomic mass is 9.90. The number of amides is 1. The minimum Gasteiger partial charge on any atom is -0.497 e. The summed E-state index contributed by atoms with van der Waals surface area (Å²) in [6.07, 6.45) is 5.84. The SMILES string of the molecule is C=C/C(C)=C\n1c(C)nc(C2Cc3ccc(OC)cc3NC2=O)c1Nc1ccco1. The molecule has 1 aliphatic heterocycles. The molecule has 0 aliphatic carbocycles. The smallest absolute Gasteiger partial charge is 0.234 e. The van der Waals surface area contributed by atoms with E-state index in [1.165, 1.54) is 0 Å². The van der Waals surface area contributed by atoms with Gasteiger partial charge in [-0.2, -0.15) is 0 Å². The number of anilines is 3.